The molecule has 174 valence electrons. The van der Waals surface area contributed by atoms with Crippen molar-refractivity contribution >= 4 is 5.96 Å². The molecule has 1 aliphatic heterocycles. The van der Waals surface area contributed by atoms with Crippen LogP contribution in [0.4, 0.5) is 0 Å². The van der Waals surface area contributed by atoms with E-state index in [1.165, 1.54) is 24.8 Å². The fourth-order valence-electron chi connectivity index (χ4n) is 4.78. The summed E-state index contributed by atoms with van der Waals surface area (Å²) in [6.07, 6.45) is 6.13. The topological polar surface area (TPSA) is 52.1 Å². The molecule has 6 nitrogen and oxygen atoms in total. The predicted octanol–water partition coefficient (Wildman–Crippen LogP) is 3.13. The van der Waals surface area contributed by atoms with Crippen LogP contribution in [0.1, 0.15) is 50.6 Å². The molecule has 1 atom stereocenters. The van der Waals surface area contributed by atoms with Gasteiger partial charge in [0.1, 0.15) is 0 Å². The molecule has 0 aromatic heterocycles. The third kappa shape index (κ3) is 7.19. The van der Waals surface area contributed by atoms with Gasteiger partial charge in [0.15, 0.2) is 5.96 Å². The van der Waals surface area contributed by atoms with E-state index >= 15 is 0 Å². The molecule has 6 heteroatoms. The molecule has 2 aliphatic rings. The molecule has 1 aromatic carbocycles. The minimum absolute atomic E-state index is 0.362. The second kappa shape index (κ2) is 12.4. The van der Waals surface area contributed by atoms with Gasteiger partial charge in [-0.1, -0.05) is 36.8 Å². The van der Waals surface area contributed by atoms with Gasteiger partial charge in [-0.3, -0.25) is 9.89 Å². The van der Waals surface area contributed by atoms with Crippen molar-refractivity contribution in [3.63, 3.8) is 0 Å². The molecule has 31 heavy (non-hydrogen) atoms. The highest BCUT2D eigenvalue weighted by atomic mass is 16.5. The number of guanidine groups is 1. The van der Waals surface area contributed by atoms with E-state index in [9.17, 15) is 0 Å². The zero-order chi connectivity index (χ0) is 21.9. The lowest BCUT2D eigenvalue weighted by Crippen LogP contribution is -2.47. The van der Waals surface area contributed by atoms with Crippen molar-refractivity contribution < 1.29 is 4.74 Å². The SMILES string of the molecule is CCNC(=NCC1(CCOC)CCC1)NCCCN1CCN(C)CC1c1ccccc1. The zero-order valence-electron chi connectivity index (χ0n) is 19.9. The molecule has 1 heterocycles. The first-order valence-electron chi connectivity index (χ1n) is 12.1. The number of nitrogens with one attached hydrogen (secondary N) is 2. The van der Waals surface area contributed by atoms with Crippen LogP contribution in [0, 0.1) is 5.41 Å². The van der Waals surface area contributed by atoms with Crippen LogP contribution >= 0.6 is 0 Å². The molecule has 2 N–H and O–H groups in total. The molecule has 1 saturated heterocycles. The number of hydrogen-bond donors (Lipinski definition) is 2. The quantitative estimate of drug-likeness (QED) is 0.322. The van der Waals surface area contributed by atoms with Gasteiger partial charge in [0.05, 0.1) is 0 Å². The number of methoxy groups -OCH3 is 1. The summed E-state index contributed by atoms with van der Waals surface area (Å²) >= 11 is 0. The van der Waals surface area contributed by atoms with E-state index in [-0.39, 0.29) is 0 Å². The fraction of sp³-hybridized carbons (Fsp3) is 0.720. The van der Waals surface area contributed by atoms with Crippen molar-refractivity contribution in [1.82, 2.24) is 20.4 Å². The molecule has 1 aromatic rings. The first-order chi connectivity index (χ1) is 15.2. The van der Waals surface area contributed by atoms with Gasteiger partial charge in [-0.15, -0.1) is 0 Å². The fourth-order valence-corrected chi connectivity index (χ4v) is 4.78. The van der Waals surface area contributed by atoms with Crippen molar-refractivity contribution in [3.8, 4) is 0 Å². The second-order valence-corrected chi connectivity index (χ2v) is 9.30. The molecule has 0 amide bonds. The molecule has 3 rings (SSSR count). The van der Waals surface area contributed by atoms with Crippen LogP contribution in [0.15, 0.2) is 35.3 Å². The first kappa shape index (κ1) is 24.0. The average molecular weight is 430 g/mol. The summed E-state index contributed by atoms with van der Waals surface area (Å²) < 4.78 is 5.32. The number of aliphatic imine (C=N–C) groups is 1. The van der Waals surface area contributed by atoms with E-state index in [2.05, 4.69) is 64.7 Å². The normalized spacial score (nSPS) is 22.2. The minimum atomic E-state index is 0.362. The number of nitrogens with zero attached hydrogens (tertiary/aromatic N) is 3. The van der Waals surface area contributed by atoms with Crippen LogP contribution in [0.3, 0.4) is 0 Å². The Morgan fingerprint density at radius 2 is 2.00 bits per heavy atom. The van der Waals surface area contributed by atoms with Crippen molar-refractivity contribution in [3.05, 3.63) is 35.9 Å². The van der Waals surface area contributed by atoms with Crippen LogP contribution in [0.25, 0.3) is 0 Å². The summed E-state index contributed by atoms with van der Waals surface area (Å²) in [5, 5.41) is 7.00. The predicted molar refractivity (Wildman–Crippen MR) is 130 cm³/mol. The van der Waals surface area contributed by atoms with E-state index in [0.717, 1.165) is 71.2 Å². The second-order valence-electron chi connectivity index (χ2n) is 9.30. The van der Waals surface area contributed by atoms with Crippen LogP contribution in [-0.2, 0) is 4.74 Å². The third-order valence-electron chi connectivity index (χ3n) is 6.96. The first-order valence-corrected chi connectivity index (χ1v) is 12.1. The number of ether oxygens (including phenoxy) is 1. The van der Waals surface area contributed by atoms with E-state index in [1.807, 2.05) is 0 Å². The highest BCUT2D eigenvalue weighted by Gasteiger charge is 2.36. The van der Waals surface area contributed by atoms with Crippen molar-refractivity contribution in [1.29, 1.82) is 0 Å². The van der Waals surface area contributed by atoms with Gasteiger partial charge in [0.2, 0.25) is 0 Å². The summed E-state index contributed by atoms with van der Waals surface area (Å²) in [6.45, 7) is 10.2. The van der Waals surface area contributed by atoms with Gasteiger partial charge >= 0.3 is 0 Å². The summed E-state index contributed by atoms with van der Waals surface area (Å²) in [5.41, 5.74) is 1.79. The third-order valence-corrected chi connectivity index (χ3v) is 6.96. The Hall–Kier alpha value is -1.63. The van der Waals surface area contributed by atoms with Crippen molar-refractivity contribution in [2.45, 2.75) is 45.1 Å². The number of rotatable bonds is 11. The number of likely N-dealkylation sites (N-methyl/N-ethyl adjacent to an activating group) is 1. The summed E-state index contributed by atoms with van der Waals surface area (Å²) in [7, 11) is 4.03. The number of hydrogen-bond acceptors (Lipinski definition) is 4. The smallest absolute Gasteiger partial charge is 0.191 e. The van der Waals surface area contributed by atoms with Crippen LogP contribution in [-0.4, -0.2) is 82.3 Å². The van der Waals surface area contributed by atoms with Gasteiger partial charge in [0, 0.05) is 65.6 Å². The van der Waals surface area contributed by atoms with Gasteiger partial charge in [-0.05, 0) is 50.6 Å². The van der Waals surface area contributed by atoms with Crippen LogP contribution < -0.4 is 10.6 Å². The van der Waals surface area contributed by atoms with Gasteiger partial charge in [0.25, 0.3) is 0 Å². The average Bonchev–Trinajstić information content (AvgIpc) is 2.77. The van der Waals surface area contributed by atoms with E-state index in [4.69, 9.17) is 9.73 Å². The Bertz CT molecular complexity index is 661. The lowest BCUT2D eigenvalue weighted by atomic mass is 9.67. The zero-order valence-corrected chi connectivity index (χ0v) is 19.9. The van der Waals surface area contributed by atoms with Gasteiger partial charge < -0.3 is 20.3 Å². The van der Waals surface area contributed by atoms with E-state index < -0.39 is 0 Å². The lowest BCUT2D eigenvalue weighted by Gasteiger charge is -2.41. The Labute approximate surface area is 189 Å². The molecule has 1 unspecified atom stereocenters. The molecule has 2 fully saturated rings. The maximum absolute atomic E-state index is 5.32. The Kier molecular flexibility index (Phi) is 9.62. The molecular formula is C25H43N5O. The van der Waals surface area contributed by atoms with E-state index in [1.54, 1.807) is 7.11 Å². The molecule has 0 radical (unpaired) electrons. The van der Waals surface area contributed by atoms with Crippen molar-refractivity contribution in [2.75, 3.05) is 66.6 Å². The van der Waals surface area contributed by atoms with Crippen molar-refractivity contribution in [2.24, 2.45) is 10.4 Å². The lowest BCUT2D eigenvalue weighted by molar-refractivity contribution is 0.0778. The highest BCUT2D eigenvalue weighted by molar-refractivity contribution is 5.79. The molecule has 0 spiro atoms. The standard InChI is InChI=1S/C25H43N5O/c1-4-26-24(28-21-25(12-8-13-25)14-19-31-3)27-15-9-16-30-18-17-29(2)20-23(30)22-10-6-5-7-11-22/h5-7,10-11,23H,4,8-9,12-21H2,1-3H3,(H2,26,27,28). The molecule has 1 aliphatic carbocycles. The highest BCUT2D eigenvalue weighted by Crippen LogP contribution is 2.44. The number of benzene rings is 1. The molecular weight excluding hydrogens is 386 g/mol. The summed E-state index contributed by atoms with van der Waals surface area (Å²) in [6, 6.07) is 11.4. The maximum Gasteiger partial charge on any atom is 0.191 e. The van der Waals surface area contributed by atoms with Gasteiger partial charge in [-0.2, -0.15) is 0 Å². The largest absolute Gasteiger partial charge is 0.385 e. The van der Waals surface area contributed by atoms with E-state index in [0.29, 0.717) is 11.5 Å². The summed E-state index contributed by atoms with van der Waals surface area (Å²) in [4.78, 5) is 10.0. The Morgan fingerprint density at radius 3 is 2.68 bits per heavy atom. The minimum Gasteiger partial charge on any atom is -0.385 e. The Morgan fingerprint density at radius 1 is 1.19 bits per heavy atom. The Balaban J connectivity index is 1.47. The van der Waals surface area contributed by atoms with Gasteiger partial charge in [-0.25, -0.2) is 0 Å². The molecule has 1 saturated carbocycles. The number of piperazine rings is 1. The summed E-state index contributed by atoms with van der Waals surface area (Å²) in [5.74, 6) is 0.962. The monoisotopic (exact) mass is 429 g/mol. The van der Waals surface area contributed by atoms with Crippen LogP contribution in [0.5, 0.6) is 0 Å². The van der Waals surface area contributed by atoms with Crippen LogP contribution in [0.2, 0.25) is 0 Å². The maximum atomic E-state index is 5.32. The molecule has 0 bridgehead atoms.